The van der Waals surface area contributed by atoms with Crippen LogP contribution in [0.4, 0.5) is 4.39 Å². The van der Waals surface area contributed by atoms with E-state index in [1.165, 1.54) is 21.8 Å². The highest BCUT2D eigenvalue weighted by molar-refractivity contribution is 7.18. The Kier molecular flexibility index (Phi) is 5.07. The first-order valence-electron chi connectivity index (χ1n) is 9.16. The van der Waals surface area contributed by atoms with Crippen molar-refractivity contribution in [1.29, 1.82) is 0 Å². The second kappa shape index (κ2) is 7.64. The number of hydrogen-bond donors (Lipinski definition) is 0. The Bertz CT molecular complexity index is 900. The van der Waals surface area contributed by atoms with Crippen LogP contribution in [0, 0.1) is 5.82 Å². The molecule has 140 valence electrons. The summed E-state index contributed by atoms with van der Waals surface area (Å²) in [6, 6.07) is 13.9. The van der Waals surface area contributed by atoms with Gasteiger partial charge in [-0.2, -0.15) is 0 Å². The van der Waals surface area contributed by atoms with Crippen LogP contribution >= 0.6 is 11.3 Å². The standard InChI is InChI=1S/C21H21FN2O2S/c1-14(26-17-8-6-16(22)7-9-17)21(25)24-12-10-15(11-13-24)20-23-18-4-2-3-5-19(18)27-20/h2-9,14-15H,10-13H2,1H3/t14-/m1/s1. The molecule has 1 atom stereocenters. The highest BCUT2D eigenvalue weighted by Gasteiger charge is 2.29. The Labute approximate surface area is 161 Å². The minimum atomic E-state index is -0.588. The van der Waals surface area contributed by atoms with E-state index in [1.807, 2.05) is 23.1 Å². The van der Waals surface area contributed by atoms with Crippen molar-refractivity contribution in [3.05, 3.63) is 59.4 Å². The number of carbonyl (C=O) groups excluding carboxylic acids is 1. The fourth-order valence-electron chi connectivity index (χ4n) is 3.44. The number of piperidine rings is 1. The van der Waals surface area contributed by atoms with Crippen LogP contribution in [0.2, 0.25) is 0 Å². The number of rotatable bonds is 4. The zero-order chi connectivity index (χ0) is 18.8. The molecule has 1 amide bonds. The van der Waals surface area contributed by atoms with Gasteiger partial charge in [0.25, 0.3) is 5.91 Å². The van der Waals surface area contributed by atoms with Crippen LogP contribution in [0.15, 0.2) is 48.5 Å². The first kappa shape index (κ1) is 17.9. The van der Waals surface area contributed by atoms with Gasteiger partial charge in [0.05, 0.1) is 15.2 Å². The van der Waals surface area contributed by atoms with Gasteiger partial charge in [0.2, 0.25) is 0 Å². The Morgan fingerprint density at radius 3 is 2.59 bits per heavy atom. The topological polar surface area (TPSA) is 42.4 Å². The van der Waals surface area contributed by atoms with E-state index in [-0.39, 0.29) is 11.7 Å². The van der Waals surface area contributed by atoms with Crippen molar-refractivity contribution < 1.29 is 13.9 Å². The number of aromatic nitrogens is 1. The minimum absolute atomic E-state index is 0.0259. The van der Waals surface area contributed by atoms with Gasteiger partial charge < -0.3 is 9.64 Å². The van der Waals surface area contributed by atoms with Crippen LogP contribution in [0.3, 0.4) is 0 Å². The molecule has 0 unspecified atom stereocenters. The van der Waals surface area contributed by atoms with E-state index in [4.69, 9.17) is 9.72 Å². The number of hydrogen-bond acceptors (Lipinski definition) is 4. The number of fused-ring (bicyclic) bond motifs is 1. The molecule has 1 aliphatic heterocycles. The SMILES string of the molecule is C[C@@H](Oc1ccc(F)cc1)C(=O)N1CCC(c2nc3ccccc3s2)CC1. The van der Waals surface area contributed by atoms with E-state index in [2.05, 4.69) is 6.07 Å². The number of carbonyl (C=O) groups is 1. The third-order valence-electron chi connectivity index (χ3n) is 4.94. The number of para-hydroxylation sites is 1. The third-order valence-corrected chi connectivity index (χ3v) is 6.14. The van der Waals surface area contributed by atoms with Gasteiger partial charge in [-0.1, -0.05) is 12.1 Å². The molecule has 27 heavy (non-hydrogen) atoms. The largest absolute Gasteiger partial charge is 0.481 e. The Morgan fingerprint density at radius 1 is 1.19 bits per heavy atom. The maximum Gasteiger partial charge on any atom is 0.263 e. The average molecular weight is 384 g/mol. The highest BCUT2D eigenvalue weighted by atomic mass is 32.1. The zero-order valence-electron chi connectivity index (χ0n) is 15.1. The van der Waals surface area contributed by atoms with Gasteiger partial charge >= 0.3 is 0 Å². The fraction of sp³-hybridized carbons (Fsp3) is 0.333. The molecule has 1 aliphatic rings. The normalized spacial score (nSPS) is 16.4. The van der Waals surface area contributed by atoms with E-state index in [0.717, 1.165) is 18.4 Å². The van der Waals surface area contributed by atoms with Crippen LogP contribution in [-0.4, -0.2) is 35.0 Å². The van der Waals surface area contributed by atoms with Crippen molar-refractivity contribution in [1.82, 2.24) is 9.88 Å². The molecule has 0 spiro atoms. The average Bonchev–Trinajstić information content (AvgIpc) is 3.13. The number of nitrogens with zero attached hydrogens (tertiary/aromatic N) is 2. The van der Waals surface area contributed by atoms with E-state index in [0.29, 0.717) is 24.8 Å². The lowest BCUT2D eigenvalue weighted by atomic mass is 9.97. The van der Waals surface area contributed by atoms with Gasteiger partial charge in [-0.25, -0.2) is 9.37 Å². The summed E-state index contributed by atoms with van der Waals surface area (Å²) in [6.45, 7) is 3.15. The summed E-state index contributed by atoms with van der Waals surface area (Å²) in [5.74, 6) is 0.557. The van der Waals surface area contributed by atoms with Crippen LogP contribution < -0.4 is 4.74 Å². The predicted molar refractivity (Wildman–Crippen MR) is 105 cm³/mol. The first-order chi connectivity index (χ1) is 13.1. The molecular formula is C21H21FN2O2S. The Morgan fingerprint density at radius 2 is 1.89 bits per heavy atom. The molecule has 1 aromatic heterocycles. The molecule has 0 saturated carbocycles. The van der Waals surface area contributed by atoms with Crippen LogP contribution in [0.1, 0.15) is 30.7 Å². The molecule has 3 aromatic rings. The lowest BCUT2D eigenvalue weighted by Gasteiger charge is -2.32. The summed E-state index contributed by atoms with van der Waals surface area (Å²) in [6.07, 6.45) is 1.23. The third kappa shape index (κ3) is 3.95. The monoisotopic (exact) mass is 384 g/mol. The summed E-state index contributed by atoms with van der Waals surface area (Å²) in [5, 5.41) is 1.17. The maximum absolute atomic E-state index is 13.0. The fourth-order valence-corrected chi connectivity index (χ4v) is 4.57. The van der Waals surface area contributed by atoms with Crippen LogP contribution in [0.25, 0.3) is 10.2 Å². The predicted octanol–water partition coefficient (Wildman–Crippen LogP) is 4.61. The summed E-state index contributed by atoms with van der Waals surface area (Å²) in [7, 11) is 0. The first-order valence-corrected chi connectivity index (χ1v) is 9.98. The second-order valence-electron chi connectivity index (χ2n) is 6.83. The van der Waals surface area contributed by atoms with Crippen molar-refractivity contribution in [3.63, 3.8) is 0 Å². The number of benzene rings is 2. The molecule has 2 heterocycles. The van der Waals surface area contributed by atoms with Gasteiger partial charge in [0.1, 0.15) is 11.6 Å². The molecular weight excluding hydrogens is 363 g/mol. The van der Waals surface area contributed by atoms with Crippen molar-refractivity contribution in [2.45, 2.75) is 31.8 Å². The summed E-state index contributed by atoms with van der Waals surface area (Å²) in [5.41, 5.74) is 1.05. The van der Waals surface area contributed by atoms with Gasteiger partial charge in [0.15, 0.2) is 6.10 Å². The maximum atomic E-state index is 13.0. The summed E-state index contributed by atoms with van der Waals surface area (Å²) < 4.78 is 19.9. The molecule has 6 heteroatoms. The lowest BCUT2D eigenvalue weighted by molar-refractivity contribution is -0.139. The number of halogens is 1. The van der Waals surface area contributed by atoms with Gasteiger partial charge in [-0.05, 0) is 56.2 Å². The second-order valence-corrected chi connectivity index (χ2v) is 7.90. The summed E-state index contributed by atoms with van der Waals surface area (Å²) in [4.78, 5) is 19.3. The quantitative estimate of drug-likeness (QED) is 0.660. The Hall–Kier alpha value is -2.47. The van der Waals surface area contributed by atoms with Crippen LogP contribution in [0.5, 0.6) is 5.75 Å². The van der Waals surface area contributed by atoms with Crippen LogP contribution in [-0.2, 0) is 4.79 Å². The van der Waals surface area contributed by atoms with Gasteiger partial charge in [0, 0.05) is 19.0 Å². The molecule has 1 fully saturated rings. The molecule has 0 bridgehead atoms. The molecule has 0 N–H and O–H groups in total. The highest BCUT2D eigenvalue weighted by Crippen LogP contribution is 2.34. The van der Waals surface area contributed by atoms with E-state index in [9.17, 15) is 9.18 Å². The van der Waals surface area contributed by atoms with E-state index in [1.54, 1.807) is 30.4 Å². The number of likely N-dealkylation sites (tertiary alicyclic amines) is 1. The zero-order valence-corrected chi connectivity index (χ0v) is 15.9. The van der Waals surface area contributed by atoms with Crippen molar-refractivity contribution in [3.8, 4) is 5.75 Å². The van der Waals surface area contributed by atoms with Crippen molar-refractivity contribution >= 4 is 27.5 Å². The number of ether oxygens (including phenoxy) is 1. The van der Waals surface area contributed by atoms with E-state index < -0.39 is 6.10 Å². The van der Waals surface area contributed by atoms with E-state index >= 15 is 0 Å². The Balaban J connectivity index is 1.35. The lowest BCUT2D eigenvalue weighted by Crippen LogP contribution is -2.44. The van der Waals surface area contributed by atoms with Crippen molar-refractivity contribution in [2.24, 2.45) is 0 Å². The molecule has 2 aromatic carbocycles. The summed E-state index contributed by atoms with van der Waals surface area (Å²) >= 11 is 1.75. The number of thiazole rings is 1. The molecule has 1 saturated heterocycles. The minimum Gasteiger partial charge on any atom is -0.481 e. The molecule has 4 rings (SSSR count). The molecule has 0 radical (unpaired) electrons. The smallest absolute Gasteiger partial charge is 0.263 e. The number of amides is 1. The van der Waals surface area contributed by atoms with Gasteiger partial charge in [-0.3, -0.25) is 4.79 Å². The molecule has 4 nitrogen and oxygen atoms in total. The van der Waals surface area contributed by atoms with Gasteiger partial charge in [-0.15, -0.1) is 11.3 Å². The van der Waals surface area contributed by atoms with Crippen molar-refractivity contribution in [2.75, 3.05) is 13.1 Å². The molecule has 0 aliphatic carbocycles.